The summed E-state index contributed by atoms with van der Waals surface area (Å²) in [5, 5.41) is 9.29. The van der Waals surface area contributed by atoms with Gasteiger partial charge in [-0.2, -0.15) is 5.17 Å². The Hall–Kier alpha value is -0.870. The minimum absolute atomic E-state index is 0.417. The molecule has 0 aromatic rings. The number of carbonyl (C=O) groups is 1. The van der Waals surface area contributed by atoms with Gasteiger partial charge in [0.15, 0.2) is 0 Å². The average molecular weight is 114 g/mol. The molecule has 0 unspecified atom stereocenters. The molecule has 0 fully saturated rings. The number of hydroxylamine groups is 1. The first-order valence-corrected chi connectivity index (χ1v) is 2.20. The molecule has 0 radical (unpaired) electrons. The van der Waals surface area contributed by atoms with Crippen LogP contribution in [0.25, 0.3) is 0 Å². The van der Waals surface area contributed by atoms with Crippen LogP contribution in [0.2, 0.25) is 0 Å². The third-order valence-electron chi connectivity index (χ3n) is 0.885. The first-order valence-electron chi connectivity index (χ1n) is 2.20. The lowest BCUT2D eigenvalue weighted by Crippen LogP contribution is -2.24. The van der Waals surface area contributed by atoms with Gasteiger partial charge in [-0.1, -0.05) is 0 Å². The molecule has 1 aliphatic rings. The number of nitrogens with one attached hydrogen (secondary N) is 1. The first kappa shape index (κ1) is 5.27. The lowest BCUT2D eigenvalue weighted by Gasteiger charge is -2.01. The Bertz CT molecular complexity index is 132. The van der Waals surface area contributed by atoms with Crippen LogP contribution in [0.4, 0.5) is 0 Å². The maximum atomic E-state index is 9.91. The second kappa shape index (κ2) is 1.94. The molecule has 44 valence electrons. The molecule has 1 heterocycles. The molecule has 0 saturated carbocycles. The molecule has 2 N–H and O–H groups in total. The molecule has 4 nitrogen and oxygen atoms in total. The molecule has 8 heavy (non-hydrogen) atoms. The standard InChI is InChI=1S/C4H6N2O2/c7-3-4-1-5-6(8)2-4/h2-3,5,8H,1H2. The quantitative estimate of drug-likeness (QED) is 0.442. The predicted molar refractivity (Wildman–Crippen MR) is 25.8 cm³/mol. The fourth-order valence-corrected chi connectivity index (χ4v) is 0.493. The van der Waals surface area contributed by atoms with Crippen molar-refractivity contribution in [2.75, 3.05) is 6.54 Å². The highest BCUT2D eigenvalue weighted by atomic mass is 16.5. The van der Waals surface area contributed by atoms with Gasteiger partial charge in [0.1, 0.15) is 6.29 Å². The van der Waals surface area contributed by atoms with E-state index in [-0.39, 0.29) is 0 Å². The molecule has 0 spiro atoms. The number of hydrogen-bond acceptors (Lipinski definition) is 4. The Labute approximate surface area is 46.3 Å². The summed E-state index contributed by atoms with van der Waals surface area (Å²) in [4.78, 5) is 9.91. The van der Waals surface area contributed by atoms with Crippen LogP contribution in [-0.4, -0.2) is 23.2 Å². The largest absolute Gasteiger partial charge is 0.298 e. The predicted octanol–water partition coefficient (Wildman–Crippen LogP) is -0.721. The Balaban J connectivity index is 2.56. The van der Waals surface area contributed by atoms with E-state index in [1.165, 1.54) is 6.20 Å². The maximum Gasteiger partial charge on any atom is 0.149 e. The van der Waals surface area contributed by atoms with Gasteiger partial charge in [-0.15, -0.1) is 0 Å². The van der Waals surface area contributed by atoms with Gasteiger partial charge >= 0.3 is 0 Å². The summed E-state index contributed by atoms with van der Waals surface area (Å²) in [5.74, 6) is 0. The van der Waals surface area contributed by atoms with Crippen molar-refractivity contribution in [2.24, 2.45) is 0 Å². The van der Waals surface area contributed by atoms with Crippen molar-refractivity contribution in [1.29, 1.82) is 0 Å². The number of hydrogen-bond donors (Lipinski definition) is 2. The van der Waals surface area contributed by atoms with Crippen LogP contribution < -0.4 is 5.43 Å². The van der Waals surface area contributed by atoms with Gasteiger partial charge in [-0.05, 0) is 0 Å². The molecule has 0 atom stereocenters. The number of nitrogens with zero attached hydrogens (tertiary/aromatic N) is 1. The van der Waals surface area contributed by atoms with E-state index >= 15 is 0 Å². The van der Waals surface area contributed by atoms with Crippen LogP contribution in [0.5, 0.6) is 0 Å². The van der Waals surface area contributed by atoms with Gasteiger partial charge in [0.2, 0.25) is 0 Å². The zero-order valence-corrected chi connectivity index (χ0v) is 4.16. The van der Waals surface area contributed by atoms with E-state index in [1.54, 1.807) is 0 Å². The summed E-state index contributed by atoms with van der Waals surface area (Å²) in [5.41, 5.74) is 3.03. The lowest BCUT2D eigenvalue weighted by atomic mass is 10.3. The summed E-state index contributed by atoms with van der Waals surface area (Å²) >= 11 is 0. The van der Waals surface area contributed by atoms with Crippen molar-refractivity contribution in [2.45, 2.75) is 0 Å². The molecule has 0 amide bonds. The molecule has 0 saturated heterocycles. The third kappa shape index (κ3) is 0.853. The topological polar surface area (TPSA) is 52.6 Å². The van der Waals surface area contributed by atoms with Crippen LogP contribution in [0.1, 0.15) is 0 Å². The van der Waals surface area contributed by atoms with Gasteiger partial charge in [0, 0.05) is 12.1 Å². The van der Waals surface area contributed by atoms with Crippen molar-refractivity contribution in [3.8, 4) is 0 Å². The van der Waals surface area contributed by atoms with Gasteiger partial charge in [-0.3, -0.25) is 10.0 Å². The SMILES string of the molecule is O=CC1=CN(O)NC1. The molecule has 4 heteroatoms. The lowest BCUT2D eigenvalue weighted by molar-refractivity contribution is -0.104. The fourth-order valence-electron chi connectivity index (χ4n) is 0.493. The zero-order valence-electron chi connectivity index (χ0n) is 4.16. The molecule has 0 aliphatic carbocycles. The summed E-state index contributed by atoms with van der Waals surface area (Å²) < 4.78 is 0. The fraction of sp³-hybridized carbons (Fsp3) is 0.250. The second-order valence-electron chi connectivity index (χ2n) is 1.50. The van der Waals surface area contributed by atoms with Crippen LogP contribution in [0.3, 0.4) is 0 Å². The van der Waals surface area contributed by atoms with E-state index in [9.17, 15) is 4.79 Å². The second-order valence-corrected chi connectivity index (χ2v) is 1.50. The normalized spacial score (nSPS) is 18.6. The highest BCUT2D eigenvalue weighted by Crippen LogP contribution is 1.95. The van der Waals surface area contributed by atoms with Crippen molar-refractivity contribution < 1.29 is 10.0 Å². The average Bonchev–Trinajstić information content (AvgIpc) is 2.14. The Morgan fingerprint density at radius 3 is 3.00 bits per heavy atom. The monoisotopic (exact) mass is 114 g/mol. The Morgan fingerprint density at radius 2 is 2.75 bits per heavy atom. The van der Waals surface area contributed by atoms with Gasteiger partial charge in [-0.25, -0.2) is 5.43 Å². The highest BCUT2D eigenvalue weighted by molar-refractivity contribution is 5.73. The number of rotatable bonds is 1. The number of carbonyl (C=O) groups excluding carboxylic acids is 1. The maximum absolute atomic E-state index is 9.91. The Kier molecular flexibility index (Phi) is 1.27. The number of aldehydes is 1. The van der Waals surface area contributed by atoms with Crippen molar-refractivity contribution in [3.63, 3.8) is 0 Å². The highest BCUT2D eigenvalue weighted by Gasteiger charge is 2.06. The molecule has 0 aromatic heterocycles. The molecule has 0 bridgehead atoms. The van der Waals surface area contributed by atoms with E-state index in [0.29, 0.717) is 18.4 Å². The third-order valence-corrected chi connectivity index (χ3v) is 0.885. The van der Waals surface area contributed by atoms with Gasteiger partial charge in [0.05, 0.1) is 6.20 Å². The zero-order chi connectivity index (χ0) is 5.98. The first-order chi connectivity index (χ1) is 3.83. The van der Waals surface area contributed by atoms with E-state index in [1.807, 2.05) is 0 Å². The van der Waals surface area contributed by atoms with Crippen LogP contribution in [0.15, 0.2) is 11.8 Å². The number of hydrazine groups is 1. The molecule has 1 aliphatic heterocycles. The summed E-state index contributed by atoms with van der Waals surface area (Å²) in [6, 6.07) is 0. The molecular weight excluding hydrogens is 108 g/mol. The van der Waals surface area contributed by atoms with E-state index in [2.05, 4.69) is 5.43 Å². The summed E-state index contributed by atoms with van der Waals surface area (Å²) in [6.45, 7) is 0.417. The smallest absolute Gasteiger partial charge is 0.149 e. The summed E-state index contributed by atoms with van der Waals surface area (Å²) in [6.07, 6.45) is 2.02. The van der Waals surface area contributed by atoms with Gasteiger partial charge in [0.25, 0.3) is 0 Å². The van der Waals surface area contributed by atoms with Crippen LogP contribution >= 0.6 is 0 Å². The van der Waals surface area contributed by atoms with E-state index < -0.39 is 0 Å². The minimum Gasteiger partial charge on any atom is -0.298 e. The van der Waals surface area contributed by atoms with Crippen molar-refractivity contribution >= 4 is 6.29 Å². The summed E-state index contributed by atoms with van der Waals surface area (Å²) in [7, 11) is 0. The molecule has 1 rings (SSSR count). The van der Waals surface area contributed by atoms with Crippen LogP contribution in [0, 0.1) is 0 Å². The van der Waals surface area contributed by atoms with Crippen molar-refractivity contribution in [1.82, 2.24) is 10.6 Å². The van der Waals surface area contributed by atoms with Crippen molar-refractivity contribution in [3.05, 3.63) is 11.8 Å². The van der Waals surface area contributed by atoms with E-state index in [4.69, 9.17) is 5.21 Å². The minimum atomic E-state index is 0.417. The van der Waals surface area contributed by atoms with E-state index in [0.717, 1.165) is 5.17 Å². The molecule has 0 aromatic carbocycles. The van der Waals surface area contributed by atoms with Gasteiger partial charge < -0.3 is 0 Å². The Morgan fingerprint density at radius 1 is 2.00 bits per heavy atom. The van der Waals surface area contributed by atoms with Crippen LogP contribution in [-0.2, 0) is 4.79 Å². The molecular formula is C4H6N2O2.